The summed E-state index contributed by atoms with van der Waals surface area (Å²) in [7, 11) is 1.98. The van der Waals surface area contributed by atoms with Crippen LogP contribution >= 0.6 is 11.3 Å². The molecule has 0 aliphatic rings. The van der Waals surface area contributed by atoms with Gasteiger partial charge in [0.15, 0.2) is 5.69 Å². The lowest BCUT2D eigenvalue weighted by atomic mass is 10.0. The largest absolute Gasteiger partial charge is 0.461 e. The number of hydrogen-bond donors (Lipinski definition) is 1. The number of esters is 1. The summed E-state index contributed by atoms with van der Waals surface area (Å²) in [6.45, 7) is 6.36. The van der Waals surface area contributed by atoms with Crippen LogP contribution in [0.15, 0.2) is 60.8 Å². The fourth-order valence-corrected chi connectivity index (χ4v) is 5.27. The summed E-state index contributed by atoms with van der Waals surface area (Å²) in [5.41, 5.74) is 3.14. The minimum atomic E-state index is -0.524. The molecule has 2 heterocycles. The van der Waals surface area contributed by atoms with Crippen LogP contribution < -0.4 is 5.32 Å². The third kappa shape index (κ3) is 5.76. The number of nitrogens with zero attached hydrogens (tertiary/aromatic N) is 2. The number of alkyl carbamates (subject to hydrolysis) is 1. The maximum atomic E-state index is 12.9. The van der Waals surface area contributed by atoms with Crippen molar-refractivity contribution >= 4 is 34.3 Å². The van der Waals surface area contributed by atoms with Gasteiger partial charge in [-0.2, -0.15) is 0 Å². The van der Waals surface area contributed by atoms with Crippen LogP contribution in [0.5, 0.6) is 0 Å². The number of thiazole rings is 1. The van der Waals surface area contributed by atoms with Crippen LogP contribution in [0.3, 0.4) is 0 Å². The molecule has 0 aliphatic heterocycles. The van der Waals surface area contributed by atoms with Crippen molar-refractivity contribution < 1.29 is 19.1 Å². The molecule has 4 rings (SSSR count). The van der Waals surface area contributed by atoms with Gasteiger partial charge in [0.25, 0.3) is 0 Å². The minimum absolute atomic E-state index is 0.175. The van der Waals surface area contributed by atoms with Crippen LogP contribution in [-0.2, 0) is 23.1 Å². The zero-order valence-electron chi connectivity index (χ0n) is 21.0. The summed E-state index contributed by atoms with van der Waals surface area (Å²) in [4.78, 5) is 31.1. The molecule has 2 aromatic heterocycles. The van der Waals surface area contributed by atoms with Crippen LogP contribution in [0.2, 0.25) is 0 Å². The van der Waals surface area contributed by atoms with E-state index in [4.69, 9.17) is 14.5 Å². The molecule has 1 N–H and O–H groups in total. The second-order valence-corrected chi connectivity index (χ2v) is 10.0. The molecule has 36 heavy (non-hydrogen) atoms. The van der Waals surface area contributed by atoms with Crippen molar-refractivity contribution in [2.45, 2.75) is 39.8 Å². The SMILES string of the molecule is CCOC(=O)c1nc([C@H](CC(C)C)NC(=O)OCc2ccccc2)sc1-c1cn(C)c2ccccc12. The van der Waals surface area contributed by atoms with Gasteiger partial charge in [0.1, 0.15) is 11.6 Å². The van der Waals surface area contributed by atoms with Gasteiger partial charge >= 0.3 is 12.1 Å². The van der Waals surface area contributed by atoms with Gasteiger partial charge in [-0.15, -0.1) is 11.3 Å². The molecule has 188 valence electrons. The van der Waals surface area contributed by atoms with E-state index in [1.165, 1.54) is 11.3 Å². The van der Waals surface area contributed by atoms with Crippen molar-refractivity contribution in [3.63, 3.8) is 0 Å². The van der Waals surface area contributed by atoms with E-state index in [1.807, 2.05) is 72.4 Å². The number of rotatable bonds is 9. The molecule has 0 fully saturated rings. The summed E-state index contributed by atoms with van der Waals surface area (Å²) >= 11 is 1.41. The summed E-state index contributed by atoms with van der Waals surface area (Å²) in [5.74, 6) is -0.196. The molecular formula is C28H31N3O4S. The van der Waals surface area contributed by atoms with Crippen molar-refractivity contribution in [1.29, 1.82) is 0 Å². The second kappa shape index (κ2) is 11.4. The van der Waals surface area contributed by atoms with Crippen molar-refractivity contribution in [2.75, 3.05) is 6.61 Å². The fourth-order valence-electron chi connectivity index (χ4n) is 4.13. The van der Waals surface area contributed by atoms with Crippen LogP contribution in [0.25, 0.3) is 21.3 Å². The van der Waals surface area contributed by atoms with Gasteiger partial charge in [-0.1, -0.05) is 62.4 Å². The molecule has 4 aromatic rings. The van der Waals surface area contributed by atoms with E-state index in [0.29, 0.717) is 11.4 Å². The Balaban J connectivity index is 1.67. The molecule has 0 radical (unpaired) electrons. The number of para-hydroxylation sites is 1. The van der Waals surface area contributed by atoms with Crippen LogP contribution in [0.4, 0.5) is 4.79 Å². The van der Waals surface area contributed by atoms with Crippen molar-refractivity contribution in [3.8, 4) is 10.4 Å². The number of aryl methyl sites for hydroxylation is 1. The van der Waals surface area contributed by atoms with E-state index in [-0.39, 0.29) is 24.8 Å². The Morgan fingerprint density at radius 2 is 1.78 bits per heavy atom. The quantitative estimate of drug-likeness (QED) is 0.263. The number of aromatic nitrogens is 2. The number of nitrogens with one attached hydrogen (secondary N) is 1. The first kappa shape index (κ1) is 25.4. The Morgan fingerprint density at radius 3 is 2.50 bits per heavy atom. The minimum Gasteiger partial charge on any atom is -0.461 e. The zero-order chi connectivity index (χ0) is 25.7. The molecule has 0 bridgehead atoms. The van der Waals surface area contributed by atoms with E-state index in [1.54, 1.807) is 6.92 Å². The van der Waals surface area contributed by atoms with Gasteiger partial charge in [-0.05, 0) is 30.9 Å². The third-order valence-corrected chi connectivity index (χ3v) is 6.97. The van der Waals surface area contributed by atoms with Crippen LogP contribution in [0, 0.1) is 5.92 Å². The number of amides is 1. The number of ether oxygens (including phenoxy) is 2. The number of carbonyl (C=O) groups is 2. The molecule has 0 unspecified atom stereocenters. The predicted octanol–water partition coefficient (Wildman–Crippen LogP) is 6.49. The average molecular weight is 506 g/mol. The summed E-state index contributed by atoms with van der Waals surface area (Å²) < 4.78 is 12.8. The topological polar surface area (TPSA) is 82.4 Å². The van der Waals surface area contributed by atoms with Gasteiger partial charge in [-0.25, -0.2) is 14.6 Å². The maximum Gasteiger partial charge on any atom is 0.408 e. The smallest absolute Gasteiger partial charge is 0.408 e. The Bertz CT molecular complexity index is 1340. The summed E-state index contributed by atoms with van der Waals surface area (Å²) in [5, 5.41) is 4.64. The van der Waals surface area contributed by atoms with Gasteiger partial charge in [0.05, 0.1) is 17.5 Å². The molecule has 0 saturated heterocycles. The molecule has 1 atom stereocenters. The Hall–Kier alpha value is -3.65. The van der Waals surface area contributed by atoms with Crippen LogP contribution in [-0.4, -0.2) is 28.2 Å². The number of fused-ring (bicyclic) bond motifs is 1. The first-order valence-electron chi connectivity index (χ1n) is 12.1. The first-order chi connectivity index (χ1) is 17.4. The Labute approximate surface area is 215 Å². The highest BCUT2D eigenvalue weighted by atomic mass is 32.1. The summed E-state index contributed by atoms with van der Waals surface area (Å²) in [6.07, 6.45) is 2.12. The lowest BCUT2D eigenvalue weighted by molar-refractivity contribution is 0.0521. The lowest BCUT2D eigenvalue weighted by Crippen LogP contribution is -2.30. The normalized spacial score (nSPS) is 12.0. The van der Waals surface area contributed by atoms with E-state index in [0.717, 1.165) is 26.9 Å². The molecular weight excluding hydrogens is 474 g/mol. The Kier molecular flexibility index (Phi) is 8.05. The van der Waals surface area contributed by atoms with Crippen molar-refractivity contribution in [2.24, 2.45) is 13.0 Å². The predicted molar refractivity (Wildman–Crippen MR) is 142 cm³/mol. The van der Waals surface area contributed by atoms with Crippen molar-refractivity contribution in [1.82, 2.24) is 14.9 Å². The molecule has 7 nitrogen and oxygen atoms in total. The maximum absolute atomic E-state index is 12.9. The molecule has 0 saturated carbocycles. The second-order valence-electron chi connectivity index (χ2n) is 9.01. The van der Waals surface area contributed by atoms with Gasteiger partial charge in [-0.3, -0.25) is 0 Å². The number of hydrogen-bond acceptors (Lipinski definition) is 6. The highest BCUT2D eigenvalue weighted by Crippen LogP contribution is 2.39. The van der Waals surface area contributed by atoms with Crippen LogP contribution in [0.1, 0.15) is 54.3 Å². The lowest BCUT2D eigenvalue weighted by Gasteiger charge is -2.18. The molecule has 1 amide bonds. The fraction of sp³-hybridized carbons (Fsp3) is 0.321. The monoisotopic (exact) mass is 505 g/mol. The zero-order valence-corrected chi connectivity index (χ0v) is 21.8. The molecule has 2 aromatic carbocycles. The molecule has 8 heteroatoms. The third-order valence-electron chi connectivity index (χ3n) is 5.76. The van der Waals surface area contributed by atoms with E-state index in [9.17, 15) is 9.59 Å². The highest BCUT2D eigenvalue weighted by Gasteiger charge is 2.28. The number of carbonyl (C=O) groups excluding carboxylic acids is 2. The molecule has 0 spiro atoms. The summed E-state index contributed by atoms with van der Waals surface area (Å²) in [6, 6.07) is 17.2. The highest BCUT2D eigenvalue weighted by molar-refractivity contribution is 7.15. The first-order valence-corrected chi connectivity index (χ1v) is 12.9. The number of benzene rings is 2. The van der Waals surface area contributed by atoms with Gasteiger partial charge < -0.3 is 19.4 Å². The average Bonchev–Trinajstić information content (AvgIpc) is 3.45. The standard InChI is InChI=1S/C28H31N3O4S/c1-5-34-27(32)24-25(21-16-31(4)23-14-10-9-13-20(21)23)36-26(30-24)22(15-18(2)3)29-28(33)35-17-19-11-7-6-8-12-19/h6-14,16,18,22H,5,15,17H2,1-4H3,(H,29,33)/t22-/m0/s1. The van der Waals surface area contributed by atoms with E-state index < -0.39 is 18.1 Å². The van der Waals surface area contributed by atoms with E-state index >= 15 is 0 Å². The van der Waals surface area contributed by atoms with Gasteiger partial charge in [0.2, 0.25) is 0 Å². The van der Waals surface area contributed by atoms with Crippen molar-refractivity contribution in [3.05, 3.63) is 77.1 Å². The molecule has 0 aliphatic carbocycles. The van der Waals surface area contributed by atoms with Gasteiger partial charge in [0, 0.05) is 29.7 Å². The Morgan fingerprint density at radius 1 is 1.06 bits per heavy atom. The van der Waals surface area contributed by atoms with E-state index in [2.05, 4.69) is 19.2 Å².